The average Bonchev–Trinajstić information content (AvgIpc) is 2.71. The van der Waals surface area contributed by atoms with E-state index in [0.717, 1.165) is 48.2 Å². The first-order valence-electron chi connectivity index (χ1n) is 10.1. The Morgan fingerprint density at radius 1 is 0.897 bits per heavy atom. The molecule has 0 amide bonds. The number of hydrogen-bond acceptors (Lipinski definition) is 6. The molecule has 4 rings (SSSR count). The molecular weight excluding hydrogens is 368 g/mol. The number of aromatic hydroxyl groups is 2. The second-order valence-electron chi connectivity index (χ2n) is 8.21. The summed E-state index contributed by atoms with van der Waals surface area (Å²) in [6.07, 6.45) is 1.74. The van der Waals surface area contributed by atoms with E-state index >= 15 is 0 Å². The number of hydrogen-bond donors (Lipinski definition) is 2. The van der Waals surface area contributed by atoms with Gasteiger partial charge in [0.25, 0.3) is 0 Å². The molecule has 0 saturated carbocycles. The minimum absolute atomic E-state index is 0.0763. The Bertz CT molecular complexity index is 957. The maximum absolute atomic E-state index is 11.2. The van der Waals surface area contributed by atoms with Crippen molar-refractivity contribution in [3.8, 4) is 34.1 Å². The first-order valence-corrected chi connectivity index (χ1v) is 10.1. The highest BCUT2D eigenvalue weighted by molar-refractivity contribution is 5.87. The van der Waals surface area contributed by atoms with Crippen molar-refractivity contribution < 1.29 is 19.7 Å². The molecule has 156 valence electrons. The molecule has 0 fully saturated rings. The lowest BCUT2D eigenvalue weighted by molar-refractivity contribution is 0.246. The molecule has 2 aromatic rings. The van der Waals surface area contributed by atoms with Gasteiger partial charge < -0.3 is 24.6 Å². The normalized spacial score (nSPS) is 19.6. The van der Waals surface area contributed by atoms with Crippen LogP contribution in [0.1, 0.15) is 35.2 Å². The van der Waals surface area contributed by atoms with Crippen molar-refractivity contribution in [1.82, 2.24) is 9.80 Å². The van der Waals surface area contributed by atoms with E-state index in [1.54, 1.807) is 14.2 Å². The van der Waals surface area contributed by atoms with E-state index in [1.165, 1.54) is 0 Å². The molecule has 2 aliphatic rings. The quantitative estimate of drug-likeness (QED) is 0.827. The van der Waals surface area contributed by atoms with E-state index < -0.39 is 0 Å². The number of phenols is 2. The van der Waals surface area contributed by atoms with Crippen LogP contribution in [0.25, 0.3) is 11.1 Å². The third-order valence-corrected chi connectivity index (χ3v) is 6.55. The zero-order valence-electron chi connectivity index (χ0n) is 17.9. The van der Waals surface area contributed by atoms with E-state index in [0.29, 0.717) is 29.2 Å². The lowest BCUT2D eigenvalue weighted by Gasteiger charge is -2.36. The Labute approximate surface area is 172 Å². The largest absolute Gasteiger partial charge is 0.504 e. The number of methoxy groups -OCH3 is 2. The lowest BCUT2D eigenvalue weighted by atomic mass is 9.82. The summed E-state index contributed by atoms with van der Waals surface area (Å²) >= 11 is 0. The fraction of sp³-hybridized carbons (Fsp3) is 0.478. The number of fused-ring (bicyclic) bond motifs is 2. The minimum Gasteiger partial charge on any atom is -0.504 e. The van der Waals surface area contributed by atoms with Crippen LogP contribution in [0.15, 0.2) is 12.1 Å². The summed E-state index contributed by atoms with van der Waals surface area (Å²) < 4.78 is 11.0. The molecular formula is C23H30N2O4. The van der Waals surface area contributed by atoms with Crippen LogP contribution in [0.4, 0.5) is 0 Å². The molecule has 29 heavy (non-hydrogen) atoms. The second kappa shape index (κ2) is 7.43. The van der Waals surface area contributed by atoms with Gasteiger partial charge >= 0.3 is 0 Å². The Balaban J connectivity index is 2.10. The lowest BCUT2D eigenvalue weighted by Crippen LogP contribution is -2.31. The van der Waals surface area contributed by atoms with Crippen LogP contribution in [-0.4, -0.2) is 61.4 Å². The fourth-order valence-electron chi connectivity index (χ4n) is 4.75. The smallest absolute Gasteiger partial charge is 0.166 e. The molecule has 6 heteroatoms. The van der Waals surface area contributed by atoms with Crippen LogP contribution in [0.3, 0.4) is 0 Å². The van der Waals surface area contributed by atoms with Gasteiger partial charge in [-0.25, -0.2) is 0 Å². The first-order chi connectivity index (χ1) is 13.9. The summed E-state index contributed by atoms with van der Waals surface area (Å²) in [6, 6.07) is 3.97. The van der Waals surface area contributed by atoms with Crippen LogP contribution in [0.5, 0.6) is 23.0 Å². The first kappa shape index (κ1) is 19.9. The fourth-order valence-corrected chi connectivity index (χ4v) is 4.75. The maximum Gasteiger partial charge on any atom is 0.166 e. The zero-order valence-corrected chi connectivity index (χ0v) is 17.9. The highest BCUT2D eigenvalue weighted by Gasteiger charge is 2.33. The number of ether oxygens (including phenoxy) is 2. The Morgan fingerprint density at radius 2 is 1.48 bits per heavy atom. The molecule has 2 N–H and O–H groups in total. The van der Waals surface area contributed by atoms with Gasteiger partial charge in [0.05, 0.1) is 14.2 Å². The van der Waals surface area contributed by atoms with Gasteiger partial charge in [-0.1, -0.05) is 0 Å². The van der Waals surface area contributed by atoms with Gasteiger partial charge in [0.15, 0.2) is 23.0 Å². The van der Waals surface area contributed by atoms with E-state index in [1.807, 2.05) is 12.1 Å². The van der Waals surface area contributed by atoms with Crippen molar-refractivity contribution in [3.63, 3.8) is 0 Å². The number of phenolic OH excluding ortho intramolecular Hbond substituents is 2. The molecule has 0 saturated heterocycles. The number of nitrogens with zero attached hydrogens (tertiary/aromatic N) is 2. The molecule has 2 aromatic carbocycles. The Kier molecular flexibility index (Phi) is 5.09. The Morgan fingerprint density at radius 3 is 2.14 bits per heavy atom. The second-order valence-corrected chi connectivity index (χ2v) is 8.21. The SMILES string of the molecule is COc1cc2c(c(-c3c(O)c(OC)cc4c3[C@H](C)N(C)CC4)c1O)CN(C)CC2. The highest BCUT2D eigenvalue weighted by atomic mass is 16.5. The van der Waals surface area contributed by atoms with Crippen molar-refractivity contribution in [2.75, 3.05) is 41.4 Å². The van der Waals surface area contributed by atoms with E-state index in [9.17, 15) is 10.2 Å². The van der Waals surface area contributed by atoms with Gasteiger partial charge in [0.2, 0.25) is 0 Å². The van der Waals surface area contributed by atoms with Crippen LogP contribution in [-0.2, 0) is 19.4 Å². The molecule has 0 bridgehead atoms. The predicted octanol–water partition coefficient (Wildman–Crippen LogP) is 3.32. The molecule has 6 nitrogen and oxygen atoms in total. The summed E-state index contributed by atoms with van der Waals surface area (Å²) in [4.78, 5) is 4.50. The highest BCUT2D eigenvalue weighted by Crippen LogP contribution is 2.53. The van der Waals surface area contributed by atoms with Crippen LogP contribution in [0.2, 0.25) is 0 Å². The van der Waals surface area contributed by atoms with E-state index in [2.05, 4.69) is 30.8 Å². The van der Waals surface area contributed by atoms with Crippen LogP contribution < -0.4 is 9.47 Å². The molecule has 1 atom stereocenters. The van der Waals surface area contributed by atoms with Crippen LogP contribution in [0, 0.1) is 0 Å². The summed E-state index contributed by atoms with van der Waals surface area (Å²) in [7, 11) is 7.30. The van der Waals surface area contributed by atoms with Gasteiger partial charge in [-0.05, 0) is 68.2 Å². The summed E-state index contributed by atoms with van der Waals surface area (Å²) in [5, 5.41) is 22.5. The van der Waals surface area contributed by atoms with Gasteiger partial charge in [-0.2, -0.15) is 0 Å². The van der Waals surface area contributed by atoms with Gasteiger partial charge in [0, 0.05) is 36.8 Å². The number of benzene rings is 2. The maximum atomic E-state index is 11.2. The van der Waals surface area contributed by atoms with Crippen molar-refractivity contribution in [2.45, 2.75) is 32.4 Å². The minimum atomic E-state index is 0.0763. The molecule has 2 heterocycles. The van der Waals surface area contributed by atoms with Gasteiger partial charge in [-0.3, -0.25) is 4.90 Å². The number of likely N-dealkylation sites (N-methyl/N-ethyl adjacent to an activating group) is 2. The zero-order chi connectivity index (χ0) is 20.9. The summed E-state index contributed by atoms with van der Waals surface area (Å²) in [5.74, 6) is 1.03. The van der Waals surface area contributed by atoms with Crippen molar-refractivity contribution in [3.05, 3.63) is 34.4 Å². The molecule has 2 aliphatic heterocycles. The summed E-state index contributed by atoms with van der Waals surface area (Å²) in [6.45, 7) is 4.73. The summed E-state index contributed by atoms with van der Waals surface area (Å²) in [5.41, 5.74) is 5.74. The van der Waals surface area contributed by atoms with Gasteiger partial charge in [0.1, 0.15) is 0 Å². The van der Waals surface area contributed by atoms with Gasteiger partial charge in [-0.15, -0.1) is 0 Å². The van der Waals surface area contributed by atoms with E-state index in [-0.39, 0.29) is 17.5 Å². The van der Waals surface area contributed by atoms with Crippen molar-refractivity contribution in [2.24, 2.45) is 0 Å². The molecule has 0 spiro atoms. The topological polar surface area (TPSA) is 65.4 Å². The average molecular weight is 399 g/mol. The molecule has 0 unspecified atom stereocenters. The van der Waals surface area contributed by atoms with Crippen molar-refractivity contribution in [1.29, 1.82) is 0 Å². The monoisotopic (exact) mass is 398 g/mol. The third kappa shape index (κ3) is 3.11. The van der Waals surface area contributed by atoms with E-state index in [4.69, 9.17) is 9.47 Å². The van der Waals surface area contributed by atoms with Crippen LogP contribution >= 0.6 is 0 Å². The standard InChI is InChI=1S/C23H30N2O4/c1-13-19-15(7-9-25(13)3)11-18(29-5)23(27)21(19)20-16-12-24(2)8-6-14(16)10-17(28-4)22(20)26/h10-11,13,26-27H,6-9,12H2,1-5H3/t13-/m0/s1. The molecule has 0 aromatic heterocycles. The Hall–Kier alpha value is -2.44. The third-order valence-electron chi connectivity index (χ3n) is 6.55. The molecule has 0 aliphatic carbocycles. The number of rotatable bonds is 3. The van der Waals surface area contributed by atoms with Crippen molar-refractivity contribution >= 4 is 0 Å². The predicted molar refractivity (Wildman–Crippen MR) is 113 cm³/mol. The molecule has 0 radical (unpaired) electrons.